The van der Waals surface area contributed by atoms with E-state index in [9.17, 15) is 4.79 Å². The molecule has 1 amide bonds. The summed E-state index contributed by atoms with van der Waals surface area (Å²) in [6, 6.07) is 5.33. The van der Waals surface area contributed by atoms with E-state index in [2.05, 4.69) is 23.8 Å². The molecule has 0 unspecified atom stereocenters. The van der Waals surface area contributed by atoms with Crippen LogP contribution in [-0.2, 0) is 6.54 Å². The minimum atomic E-state index is -0.168. The number of amides is 1. The van der Waals surface area contributed by atoms with Crippen LogP contribution >= 0.6 is 35.3 Å². The quantitative estimate of drug-likeness (QED) is 0.456. The van der Waals surface area contributed by atoms with Crippen molar-refractivity contribution in [2.45, 2.75) is 27.3 Å². The second-order valence-electron chi connectivity index (χ2n) is 6.46. The van der Waals surface area contributed by atoms with Crippen LogP contribution in [0.2, 0.25) is 5.02 Å². The number of fused-ring (bicyclic) bond motifs is 1. The van der Waals surface area contributed by atoms with Gasteiger partial charge in [-0.3, -0.25) is 14.4 Å². The molecule has 0 bridgehead atoms. The molecule has 0 N–H and O–H groups in total. The molecule has 0 atom stereocenters. The standard InChI is InChI=1S/C20H26ClN5O2S.ClH/c1-5-24(6-2)12-13-26(19(27)15-10-11-25(7-3)23-15)20-22-17-16(28-4)9-8-14(21)18(17)29-20;/h8-11H,5-7,12-13H2,1-4H3;1H. The lowest BCUT2D eigenvalue weighted by molar-refractivity contribution is 0.0978. The van der Waals surface area contributed by atoms with Gasteiger partial charge in [-0.2, -0.15) is 5.10 Å². The van der Waals surface area contributed by atoms with E-state index in [1.807, 2.05) is 13.1 Å². The summed E-state index contributed by atoms with van der Waals surface area (Å²) in [6.07, 6.45) is 1.81. The highest BCUT2D eigenvalue weighted by molar-refractivity contribution is 7.23. The second-order valence-corrected chi connectivity index (χ2v) is 7.85. The van der Waals surface area contributed by atoms with Crippen LogP contribution in [-0.4, -0.2) is 58.9 Å². The fraction of sp³-hybridized carbons (Fsp3) is 0.450. The van der Waals surface area contributed by atoms with E-state index in [1.165, 1.54) is 11.3 Å². The average Bonchev–Trinajstić information content (AvgIpc) is 3.39. The van der Waals surface area contributed by atoms with E-state index in [-0.39, 0.29) is 18.3 Å². The predicted octanol–water partition coefficient (Wildman–Crippen LogP) is 4.59. The summed E-state index contributed by atoms with van der Waals surface area (Å²) >= 11 is 7.78. The lowest BCUT2D eigenvalue weighted by Crippen LogP contribution is -2.39. The SMILES string of the molecule is CCN(CC)CCN(C(=O)c1ccn(CC)n1)c1nc2c(OC)ccc(Cl)c2s1.Cl. The maximum Gasteiger partial charge on any atom is 0.280 e. The van der Waals surface area contributed by atoms with Crippen molar-refractivity contribution >= 4 is 56.6 Å². The third kappa shape index (κ3) is 5.06. The number of likely N-dealkylation sites (N-methyl/N-ethyl adjacent to an activating group) is 1. The summed E-state index contributed by atoms with van der Waals surface area (Å²) in [5, 5.41) is 5.57. The molecule has 10 heteroatoms. The molecule has 1 aromatic carbocycles. The topological polar surface area (TPSA) is 63.5 Å². The van der Waals surface area contributed by atoms with Crippen LogP contribution in [0.3, 0.4) is 0 Å². The molecule has 0 saturated heterocycles. The van der Waals surface area contributed by atoms with Gasteiger partial charge < -0.3 is 9.64 Å². The lowest BCUT2D eigenvalue weighted by atomic mass is 10.3. The fourth-order valence-electron chi connectivity index (χ4n) is 3.08. The Morgan fingerprint density at radius 3 is 2.53 bits per heavy atom. The van der Waals surface area contributed by atoms with Gasteiger partial charge >= 0.3 is 0 Å². The van der Waals surface area contributed by atoms with Crippen LogP contribution in [0.5, 0.6) is 5.75 Å². The molecular formula is C20H27Cl2N5O2S. The first-order valence-electron chi connectivity index (χ1n) is 9.73. The molecule has 0 radical (unpaired) electrons. The maximum atomic E-state index is 13.3. The normalized spacial score (nSPS) is 11.0. The molecule has 0 aliphatic rings. The maximum absolute atomic E-state index is 13.3. The molecule has 2 heterocycles. The molecule has 3 rings (SSSR count). The Kier molecular flexibility index (Phi) is 8.91. The summed E-state index contributed by atoms with van der Waals surface area (Å²) in [4.78, 5) is 22.0. The van der Waals surface area contributed by atoms with E-state index < -0.39 is 0 Å². The minimum absolute atomic E-state index is 0. The summed E-state index contributed by atoms with van der Waals surface area (Å²) in [5.74, 6) is 0.469. The number of carbonyl (C=O) groups excluding carboxylic acids is 1. The van der Waals surface area contributed by atoms with Gasteiger partial charge in [-0.1, -0.05) is 36.8 Å². The van der Waals surface area contributed by atoms with Gasteiger partial charge in [0.25, 0.3) is 5.91 Å². The van der Waals surface area contributed by atoms with Crippen LogP contribution in [0.25, 0.3) is 10.2 Å². The molecule has 30 heavy (non-hydrogen) atoms. The number of hydrogen-bond donors (Lipinski definition) is 0. The number of anilines is 1. The summed E-state index contributed by atoms with van der Waals surface area (Å²) in [7, 11) is 1.60. The number of halogens is 2. The van der Waals surface area contributed by atoms with Crippen LogP contribution in [0.15, 0.2) is 24.4 Å². The number of thiazole rings is 1. The number of rotatable bonds is 9. The number of aromatic nitrogens is 3. The molecule has 3 aromatic rings. The molecule has 0 aliphatic heterocycles. The van der Waals surface area contributed by atoms with Crippen molar-refractivity contribution in [3.05, 3.63) is 35.1 Å². The van der Waals surface area contributed by atoms with Crippen molar-refractivity contribution in [2.24, 2.45) is 0 Å². The van der Waals surface area contributed by atoms with Gasteiger partial charge in [0.05, 0.1) is 16.8 Å². The highest BCUT2D eigenvalue weighted by Gasteiger charge is 2.25. The average molecular weight is 472 g/mol. The lowest BCUT2D eigenvalue weighted by Gasteiger charge is -2.24. The third-order valence-electron chi connectivity index (χ3n) is 4.86. The highest BCUT2D eigenvalue weighted by Crippen LogP contribution is 2.39. The van der Waals surface area contributed by atoms with Gasteiger partial charge in [-0.05, 0) is 38.2 Å². The Hall–Kier alpha value is -1.87. The van der Waals surface area contributed by atoms with Gasteiger partial charge in [-0.25, -0.2) is 4.98 Å². The van der Waals surface area contributed by atoms with Gasteiger partial charge in [0.15, 0.2) is 10.8 Å². The van der Waals surface area contributed by atoms with Crippen molar-refractivity contribution in [3.63, 3.8) is 0 Å². The number of benzene rings is 1. The zero-order valence-corrected chi connectivity index (χ0v) is 20.0. The molecule has 0 saturated carbocycles. The Morgan fingerprint density at radius 1 is 1.20 bits per heavy atom. The van der Waals surface area contributed by atoms with Crippen LogP contribution < -0.4 is 9.64 Å². The molecule has 0 fully saturated rings. The number of ether oxygens (including phenoxy) is 1. The number of aryl methyl sites for hydroxylation is 1. The van der Waals surface area contributed by atoms with Crippen LogP contribution in [0, 0.1) is 0 Å². The molecule has 2 aromatic heterocycles. The zero-order valence-electron chi connectivity index (χ0n) is 17.6. The number of carbonyl (C=O) groups is 1. The van der Waals surface area contributed by atoms with Crippen molar-refractivity contribution in [1.82, 2.24) is 19.7 Å². The van der Waals surface area contributed by atoms with Gasteiger partial charge in [0, 0.05) is 25.8 Å². The van der Waals surface area contributed by atoms with Crippen molar-refractivity contribution in [3.8, 4) is 5.75 Å². The van der Waals surface area contributed by atoms with Crippen molar-refractivity contribution in [2.75, 3.05) is 38.2 Å². The largest absolute Gasteiger partial charge is 0.494 e. The number of nitrogens with zero attached hydrogens (tertiary/aromatic N) is 5. The zero-order chi connectivity index (χ0) is 21.0. The first-order chi connectivity index (χ1) is 14.0. The molecule has 0 spiro atoms. The molecular weight excluding hydrogens is 445 g/mol. The van der Waals surface area contributed by atoms with E-state index in [0.717, 1.165) is 24.3 Å². The van der Waals surface area contributed by atoms with Crippen molar-refractivity contribution < 1.29 is 9.53 Å². The van der Waals surface area contributed by atoms with E-state index in [0.29, 0.717) is 40.2 Å². The third-order valence-corrected chi connectivity index (χ3v) is 6.40. The van der Waals surface area contributed by atoms with Crippen LogP contribution in [0.1, 0.15) is 31.3 Å². The fourth-order valence-corrected chi connectivity index (χ4v) is 4.36. The summed E-state index contributed by atoms with van der Waals surface area (Å²) in [5.41, 5.74) is 1.07. The van der Waals surface area contributed by atoms with E-state index >= 15 is 0 Å². The second kappa shape index (κ2) is 10.9. The molecule has 0 aliphatic carbocycles. The highest BCUT2D eigenvalue weighted by atomic mass is 35.5. The van der Waals surface area contributed by atoms with E-state index in [4.69, 9.17) is 21.3 Å². The first kappa shape index (κ1) is 24.4. The Balaban J connectivity index is 0.00000320. The Bertz CT molecular complexity index is 987. The molecule has 7 nitrogen and oxygen atoms in total. The Morgan fingerprint density at radius 2 is 1.93 bits per heavy atom. The van der Waals surface area contributed by atoms with Crippen LogP contribution in [0.4, 0.5) is 5.13 Å². The van der Waals surface area contributed by atoms with Gasteiger partial charge in [-0.15, -0.1) is 12.4 Å². The molecule has 164 valence electrons. The van der Waals surface area contributed by atoms with Crippen molar-refractivity contribution in [1.29, 1.82) is 0 Å². The summed E-state index contributed by atoms with van der Waals surface area (Å²) in [6.45, 7) is 10.0. The number of hydrogen-bond acceptors (Lipinski definition) is 6. The first-order valence-corrected chi connectivity index (χ1v) is 10.9. The van der Waals surface area contributed by atoms with E-state index in [1.54, 1.807) is 34.9 Å². The number of methoxy groups -OCH3 is 1. The van der Waals surface area contributed by atoms with Gasteiger partial charge in [0.2, 0.25) is 0 Å². The smallest absolute Gasteiger partial charge is 0.280 e. The minimum Gasteiger partial charge on any atom is -0.494 e. The monoisotopic (exact) mass is 471 g/mol. The van der Waals surface area contributed by atoms with Gasteiger partial charge in [0.1, 0.15) is 11.3 Å². The predicted molar refractivity (Wildman–Crippen MR) is 126 cm³/mol. The summed E-state index contributed by atoms with van der Waals surface area (Å²) < 4.78 is 7.98. The Labute approximate surface area is 192 Å².